The molecule has 0 aliphatic rings. The molecule has 1 heterocycles. The number of halogens is 2. The van der Waals surface area contributed by atoms with Gasteiger partial charge in [-0.25, -0.2) is 4.98 Å². The van der Waals surface area contributed by atoms with Crippen LogP contribution in [-0.4, -0.2) is 13.7 Å². The highest BCUT2D eigenvalue weighted by molar-refractivity contribution is 8.23. The molecule has 22 heavy (non-hydrogen) atoms. The van der Waals surface area contributed by atoms with Crippen molar-refractivity contribution in [3.05, 3.63) is 53.6 Å². The molecule has 118 valence electrons. The summed E-state index contributed by atoms with van der Waals surface area (Å²) in [6.45, 7) is 2.17. The van der Waals surface area contributed by atoms with Crippen LogP contribution < -0.4 is 0 Å². The fraction of sp³-hybridized carbons (Fsp3) is 0.375. The van der Waals surface area contributed by atoms with E-state index in [1.165, 1.54) is 0 Å². The monoisotopic (exact) mass is 372 g/mol. The normalized spacial score (nSPS) is 13.8. The van der Waals surface area contributed by atoms with E-state index in [2.05, 4.69) is 11.9 Å². The van der Waals surface area contributed by atoms with Crippen molar-refractivity contribution in [2.24, 2.45) is 0 Å². The average Bonchev–Trinajstić information content (AvgIpc) is 3.05. The van der Waals surface area contributed by atoms with Crippen LogP contribution in [0, 0.1) is 0 Å². The van der Waals surface area contributed by atoms with Gasteiger partial charge in [-0.05, 0) is 30.5 Å². The lowest BCUT2D eigenvalue weighted by atomic mass is 10.1. The molecule has 1 aromatic carbocycles. The highest BCUT2D eigenvalue weighted by Gasteiger charge is 2.24. The van der Waals surface area contributed by atoms with Crippen LogP contribution in [-0.2, 0) is 0 Å². The average molecular weight is 373 g/mol. The first-order valence-electron chi connectivity index (χ1n) is 7.18. The second-order valence-corrected chi connectivity index (χ2v) is 7.82. The predicted octanol–water partition coefficient (Wildman–Crippen LogP) is 6.27. The Hall–Kier alpha value is -0.550. The second-order valence-electron chi connectivity index (χ2n) is 4.95. The molecule has 0 aliphatic heterocycles. The van der Waals surface area contributed by atoms with Crippen molar-refractivity contribution in [3.8, 4) is 0 Å². The number of hydrogen-bond donors (Lipinski definition) is 0. The Morgan fingerprint density at radius 3 is 2.68 bits per heavy atom. The minimum Gasteiger partial charge on any atom is -0.319 e. The van der Waals surface area contributed by atoms with Crippen LogP contribution in [0.15, 0.2) is 43.0 Å². The van der Waals surface area contributed by atoms with E-state index in [4.69, 9.17) is 35.4 Å². The number of hydrogen-bond acceptors (Lipinski definition) is 3. The molecule has 2 unspecified atom stereocenters. The van der Waals surface area contributed by atoms with E-state index in [1.54, 1.807) is 24.3 Å². The molecule has 0 spiro atoms. The number of unbranched alkanes of at least 4 members (excludes halogenated alkanes) is 1. The fourth-order valence-electron chi connectivity index (χ4n) is 2.03. The zero-order valence-corrected chi connectivity index (χ0v) is 15.4. The SMILES string of the molecule is CCCCC(=S)SC(c1ccc(Cl)cc1)C(Cl)n1ccnc1. The number of nitrogens with zero attached hydrogens (tertiary/aromatic N) is 2. The Labute approximate surface area is 151 Å². The highest BCUT2D eigenvalue weighted by Crippen LogP contribution is 2.42. The largest absolute Gasteiger partial charge is 0.319 e. The molecule has 6 heteroatoms. The quantitative estimate of drug-likeness (QED) is 0.421. The summed E-state index contributed by atoms with van der Waals surface area (Å²) in [7, 11) is 0. The van der Waals surface area contributed by atoms with Gasteiger partial charge in [-0.15, -0.1) is 11.8 Å². The maximum absolute atomic E-state index is 6.68. The fourth-order valence-corrected chi connectivity index (χ4v) is 4.12. The van der Waals surface area contributed by atoms with Crippen molar-refractivity contribution in [3.63, 3.8) is 0 Å². The summed E-state index contributed by atoms with van der Waals surface area (Å²) in [5.74, 6) is 0. The number of aromatic nitrogens is 2. The van der Waals surface area contributed by atoms with Gasteiger partial charge in [0.1, 0.15) is 5.50 Å². The van der Waals surface area contributed by atoms with Gasteiger partial charge in [0.15, 0.2) is 0 Å². The Balaban J connectivity index is 2.20. The highest BCUT2D eigenvalue weighted by atomic mass is 35.5. The molecule has 0 N–H and O–H groups in total. The molecule has 1 aromatic heterocycles. The summed E-state index contributed by atoms with van der Waals surface area (Å²) in [6, 6.07) is 7.79. The zero-order chi connectivity index (χ0) is 15.9. The van der Waals surface area contributed by atoms with Gasteiger partial charge in [0.2, 0.25) is 0 Å². The first-order chi connectivity index (χ1) is 10.6. The lowest BCUT2D eigenvalue weighted by molar-refractivity contribution is 0.653. The summed E-state index contributed by atoms with van der Waals surface area (Å²) in [5.41, 5.74) is 0.857. The van der Waals surface area contributed by atoms with E-state index in [0.29, 0.717) is 0 Å². The molecule has 2 rings (SSSR count). The molecule has 0 fully saturated rings. The van der Waals surface area contributed by atoms with Crippen LogP contribution in [0.2, 0.25) is 5.02 Å². The summed E-state index contributed by atoms with van der Waals surface area (Å²) < 4.78 is 2.89. The molecule has 2 nitrogen and oxygen atoms in total. The molecule has 0 aliphatic carbocycles. The van der Waals surface area contributed by atoms with E-state index >= 15 is 0 Å². The molecule has 0 radical (unpaired) electrons. The molecule has 0 saturated heterocycles. The predicted molar refractivity (Wildman–Crippen MR) is 101 cm³/mol. The first-order valence-corrected chi connectivity index (χ1v) is 9.28. The number of benzene rings is 1. The molecular formula is C16H18Cl2N2S2. The van der Waals surface area contributed by atoms with E-state index in [1.807, 2.05) is 35.0 Å². The summed E-state index contributed by atoms with van der Waals surface area (Å²) >= 11 is 19.8. The van der Waals surface area contributed by atoms with Gasteiger partial charge in [0.25, 0.3) is 0 Å². The van der Waals surface area contributed by atoms with Gasteiger partial charge >= 0.3 is 0 Å². The smallest absolute Gasteiger partial charge is 0.125 e. The van der Waals surface area contributed by atoms with Gasteiger partial charge in [-0.1, -0.05) is 60.9 Å². The van der Waals surface area contributed by atoms with Gasteiger partial charge < -0.3 is 4.57 Å². The molecule has 0 bridgehead atoms. The van der Waals surface area contributed by atoms with Crippen molar-refractivity contribution in [1.29, 1.82) is 0 Å². The Kier molecular flexibility index (Phi) is 7.22. The third-order valence-electron chi connectivity index (χ3n) is 3.25. The van der Waals surface area contributed by atoms with Crippen LogP contribution in [0.4, 0.5) is 0 Å². The Morgan fingerprint density at radius 1 is 1.36 bits per heavy atom. The van der Waals surface area contributed by atoms with Gasteiger partial charge in [-0.2, -0.15) is 0 Å². The summed E-state index contributed by atoms with van der Waals surface area (Å²) in [6.07, 6.45) is 8.52. The van der Waals surface area contributed by atoms with Gasteiger partial charge in [0.05, 0.1) is 11.6 Å². The zero-order valence-electron chi connectivity index (χ0n) is 12.3. The molecule has 2 aromatic rings. The van der Waals surface area contributed by atoms with Crippen molar-refractivity contribution < 1.29 is 0 Å². The van der Waals surface area contributed by atoms with E-state index in [0.717, 1.165) is 34.0 Å². The van der Waals surface area contributed by atoms with Crippen LogP contribution in [0.3, 0.4) is 0 Å². The van der Waals surface area contributed by atoms with E-state index in [-0.39, 0.29) is 10.8 Å². The number of thioether (sulfide) groups is 1. The molecular weight excluding hydrogens is 355 g/mol. The summed E-state index contributed by atoms with van der Waals surface area (Å²) in [5, 5.41) is 0.743. The Morgan fingerprint density at radius 2 is 2.09 bits per heavy atom. The summed E-state index contributed by atoms with van der Waals surface area (Å²) in [4.78, 5) is 4.08. The lowest BCUT2D eigenvalue weighted by Gasteiger charge is -2.23. The van der Waals surface area contributed by atoms with Crippen LogP contribution >= 0.6 is 47.2 Å². The minimum atomic E-state index is -0.256. The second kappa shape index (κ2) is 8.92. The van der Waals surface area contributed by atoms with Gasteiger partial charge in [0, 0.05) is 21.6 Å². The van der Waals surface area contributed by atoms with E-state index < -0.39 is 0 Å². The van der Waals surface area contributed by atoms with E-state index in [9.17, 15) is 0 Å². The topological polar surface area (TPSA) is 17.8 Å². The van der Waals surface area contributed by atoms with Crippen molar-refractivity contribution in [2.75, 3.05) is 0 Å². The molecule has 0 amide bonds. The van der Waals surface area contributed by atoms with Crippen molar-refractivity contribution >= 4 is 51.4 Å². The molecule has 0 saturated carbocycles. The van der Waals surface area contributed by atoms with Crippen LogP contribution in [0.1, 0.15) is 42.5 Å². The van der Waals surface area contributed by atoms with Crippen LogP contribution in [0.5, 0.6) is 0 Å². The van der Waals surface area contributed by atoms with Crippen molar-refractivity contribution in [2.45, 2.75) is 36.9 Å². The number of imidazole rings is 1. The van der Waals surface area contributed by atoms with Crippen LogP contribution in [0.25, 0.3) is 0 Å². The third-order valence-corrected chi connectivity index (χ3v) is 5.87. The maximum Gasteiger partial charge on any atom is 0.125 e. The number of alkyl halides is 1. The molecule has 2 atom stereocenters. The Bertz CT molecular complexity index is 585. The maximum atomic E-state index is 6.68. The van der Waals surface area contributed by atoms with Crippen molar-refractivity contribution in [1.82, 2.24) is 9.55 Å². The number of rotatable bonds is 7. The third kappa shape index (κ3) is 4.98. The first kappa shape index (κ1) is 17.8. The number of thiocarbonyl (C=S) groups is 1. The lowest BCUT2D eigenvalue weighted by Crippen LogP contribution is -2.11. The minimum absolute atomic E-state index is 0.0255. The standard InChI is InChI=1S/C16H18Cl2N2S2/c1-2-3-4-14(21)22-15(12-5-7-13(17)8-6-12)16(18)20-10-9-19-11-20/h5-11,15-16H,2-4H2,1H3. The van der Waals surface area contributed by atoms with Gasteiger partial charge in [-0.3, -0.25) is 0 Å².